The zero-order valence-electron chi connectivity index (χ0n) is 14.0. The maximum Gasteiger partial charge on any atom is 0.123 e. The molecule has 0 bridgehead atoms. The van der Waals surface area contributed by atoms with Crippen LogP contribution in [0.2, 0.25) is 0 Å². The van der Waals surface area contributed by atoms with Crippen LogP contribution in [0.3, 0.4) is 0 Å². The van der Waals surface area contributed by atoms with Crippen molar-refractivity contribution in [3.05, 3.63) is 26.8 Å². The van der Waals surface area contributed by atoms with Gasteiger partial charge in [0.15, 0.2) is 0 Å². The van der Waals surface area contributed by atoms with Crippen LogP contribution in [0.1, 0.15) is 44.2 Å². The van der Waals surface area contributed by atoms with Gasteiger partial charge in [-0.2, -0.15) is 0 Å². The molecule has 0 saturated heterocycles. The molecule has 0 unspecified atom stereocenters. The molecule has 0 aromatic heterocycles. The molecule has 0 radical (unpaired) electrons. The molecule has 128 valence electrons. The molecule has 0 aliphatic heterocycles. The molecule has 5 heteroatoms. The average molecular weight is 441 g/mol. The third kappa shape index (κ3) is 7.99. The van der Waals surface area contributed by atoms with Gasteiger partial charge in [0.25, 0.3) is 0 Å². The lowest BCUT2D eigenvalue weighted by Crippen LogP contribution is -2.29. The maximum absolute atomic E-state index is 10.1. The minimum Gasteiger partial charge on any atom is -0.507 e. The molecule has 0 fully saturated rings. The summed E-state index contributed by atoms with van der Waals surface area (Å²) < 4.78 is 1.18. The van der Waals surface area contributed by atoms with E-state index in [2.05, 4.69) is 52.7 Å². The predicted octanol–water partition coefficient (Wildman–Crippen LogP) is 4.33. The molecule has 0 heterocycles. The fourth-order valence-corrected chi connectivity index (χ4v) is 3.40. The normalized spacial score (nSPS) is 10.8. The molecule has 1 aromatic rings. The molecule has 0 spiro atoms. The van der Waals surface area contributed by atoms with Crippen molar-refractivity contribution in [2.45, 2.75) is 46.6 Å². The molecule has 0 saturated carbocycles. The number of hydrogen-bond donors (Lipinski definition) is 2. The summed E-state index contributed by atoms with van der Waals surface area (Å²) in [4.78, 5) is 2.54. The largest absolute Gasteiger partial charge is 0.507 e. The van der Waals surface area contributed by atoms with Crippen LogP contribution in [-0.4, -0.2) is 36.2 Å². The first-order valence-electron chi connectivity index (χ1n) is 7.99. The van der Waals surface area contributed by atoms with Crippen LogP contribution in [0, 0.1) is 10.5 Å². The van der Waals surface area contributed by atoms with Crippen molar-refractivity contribution in [1.82, 2.24) is 10.2 Å². The Hall–Kier alpha value is -0.0400. The molecule has 22 heavy (non-hydrogen) atoms. The fourth-order valence-electron chi connectivity index (χ4n) is 2.56. The van der Waals surface area contributed by atoms with E-state index >= 15 is 0 Å². The van der Waals surface area contributed by atoms with E-state index in [9.17, 15) is 5.11 Å². The van der Waals surface area contributed by atoms with Crippen molar-refractivity contribution in [3.63, 3.8) is 0 Å². The van der Waals surface area contributed by atoms with E-state index in [1.54, 1.807) is 0 Å². The molecule has 0 amide bonds. The summed E-state index contributed by atoms with van der Waals surface area (Å²) in [6, 6.07) is 4.06. The van der Waals surface area contributed by atoms with Gasteiger partial charge in [-0.1, -0.05) is 13.8 Å². The summed E-state index contributed by atoms with van der Waals surface area (Å²) in [5.41, 5.74) is 1.95. The Morgan fingerprint density at radius 3 is 2.36 bits per heavy atom. The number of nitrogens with zero attached hydrogens (tertiary/aromatic N) is 1. The lowest BCUT2D eigenvalue weighted by molar-refractivity contribution is 0.270. The number of phenolic OH excluding ortho intramolecular Hbond substituents is 1. The summed E-state index contributed by atoms with van der Waals surface area (Å²) in [5, 5.41) is 13.5. The summed E-state index contributed by atoms with van der Waals surface area (Å²) >= 11 is 2.30. The van der Waals surface area contributed by atoms with Gasteiger partial charge in [0, 0.05) is 15.7 Å². The number of halogens is 2. The molecule has 1 rings (SSSR count). The highest BCUT2D eigenvalue weighted by Crippen LogP contribution is 2.24. The topological polar surface area (TPSA) is 35.5 Å². The number of aromatic hydroxyl groups is 1. The Balaban J connectivity index is 0.00000441. The Bertz CT molecular complexity index is 423. The van der Waals surface area contributed by atoms with E-state index in [4.69, 9.17) is 0 Å². The maximum atomic E-state index is 10.1. The first-order valence-corrected chi connectivity index (χ1v) is 9.07. The zero-order chi connectivity index (χ0) is 15.7. The van der Waals surface area contributed by atoms with Crippen molar-refractivity contribution in [1.29, 1.82) is 0 Å². The number of benzene rings is 1. The second-order valence-corrected chi connectivity index (χ2v) is 6.85. The van der Waals surface area contributed by atoms with Crippen molar-refractivity contribution in [2.24, 2.45) is 0 Å². The van der Waals surface area contributed by atoms with Crippen LogP contribution in [0.5, 0.6) is 5.75 Å². The van der Waals surface area contributed by atoms with Gasteiger partial charge in [-0.15, -0.1) is 12.4 Å². The van der Waals surface area contributed by atoms with Crippen LogP contribution in [0.25, 0.3) is 0 Å². The number of rotatable bonds is 10. The van der Waals surface area contributed by atoms with Gasteiger partial charge in [0.1, 0.15) is 5.75 Å². The van der Waals surface area contributed by atoms with E-state index in [-0.39, 0.29) is 12.4 Å². The van der Waals surface area contributed by atoms with E-state index in [1.807, 2.05) is 13.0 Å². The Morgan fingerprint density at radius 2 is 1.77 bits per heavy atom. The lowest BCUT2D eigenvalue weighted by Gasteiger charge is -2.20. The highest BCUT2D eigenvalue weighted by atomic mass is 127. The van der Waals surface area contributed by atoms with Gasteiger partial charge >= 0.3 is 0 Å². The second kappa shape index (κ2) is 12.4. The van der Waals surface area contributed by atoms with Crippen molar-refractivity contribution >= 4 is 35.0 Å². The predicted molar refractivity (Wildman–Crippen MR) is 106 cm³/mol. The molecule has 0 aliphatic carbocycles. The molecule has 0 atom stereocenters. The van der Waals surface area contributed by atoms with Crippen molar-refractivity contribution in [2.75, 3.05) is 26.2 Å². The van der Waals surface area contributed by atoms with Crippen LogP contribution < -0.4 is 5.32 Å². The van der Waals surface area contributed by atoms with E-state index in [0.29, 0.717) is 5.75 Å². The minimum atomic E-state index is 0. The highest BCUT2D eigenvalue weighted by molar-refractivity contribution is 14.1. The first kappa shape index (κ1) is 22.0. The number of nitrogens with one attached hydrogen (secondary N) is 1. The monoisotopic (exact) mass is 440 g/mol. The third-order valence-corrected chi connectivity index (χ3v) is 4.19. The van der Waals surface area contributed by atoms with Gasteiger partial charge in [0.2, 0.25) is 0 Å². The average Bonchev–Trinajstić information content (AvgIpc) is 2.44. The van der Waals surface area contributed by atoms with Crippen molar-refractivity contribution in [3.8, 4) is 5.75 Å². The lowest BCUT2D eigenvalue weighted by atomic mass is 10.1. The van der Waals surface area contributed by atoms with E-state index in [0.717, 1.165) is 37.2 Å². The third-order valence-electron chi connectivity index (χ3n) is 3.57. The van der Waals surface area contributed by atoms with Crippen molar-refractivity contribution < 1.29 is 5.11 Å². The number of hydrogen-bond acceptors (Lipinski definition) is 3. The van der Waals surface area contributed by atoms with Gasteiger partial charge in [-0.05, 0) is 92.7 Å². The quantitative estimate of drug-likeness (QED) is 0.420. The molecular weight excluding hydrogens is 411 g/mol. The highest BCUT2D eigenvalue weighted by Gasteiger charge is 2.06. The van der Waals surface area contributed by atoms with Gasteiger partial charge in [0.05, 0.1) is 0 Å². The smallest absolute Gasteiger partial charge is 0.123 e. The molecular formula is C17H30ClIN2O. The molecule has 1 aromatic carbocycles. The van der Waals surface area contributed by atoms with Gasteiger partial charge in [-0.25, -0.2) is 0 Å². The standard InChI is InChI=1S/C17H29IN2O.ClH/c1-4-8-20(9-5-2)10-6-7-19-13-15-12-16(18)11-14(3)17(15)21;/h11-12,19,21H,4-10,13H2,1-3H3;1H. The Morgan fingerprint density at radius 1 is 1.14 bits per heavy atom. The fraction of sp³-hybridized carbons (Fsp3) is 0.647. The van der Waals surface area contributed by atoms with Crippen LogP contribution in [-0.2, 0) is 6.54 Å². The van der Waals surface area contributed by atoms with Gasteiger partial charge in [-0.3, -0.25) is 0 Å². The summed E-state index contributed by atoms with van der Waals surface area (Å²) in [6.45, 7) is 11.7. The van der Waals surface area contributed by atoms with Gasteiger partial charge < -0.3 is 15.3 Å². The second-order valence-electron chi connectivity index (χ2n) is 5.60. The molecule has 0 aliphatic rings. The number of aryl methyl sites for hydroxylation is 1. The number of phenols is 1. The molecule has 2 N–H and O–H groups in total. The zero-order valence-corrected chi connectivity index (χ0v) is 17.0. The molecule has 3 nitrogen and oxygen atoms in total. The Labute approximate surface area is 155 Å². The summed E-state index contributed by atoms with van der Waals surface area (Å²) in [7, 11) is 0. The Kier molecular flexibility index (Phi) is 12.4. The van der Waals surface area contributed by atoms with E-state index in [1.165, 1.54) is 29.5 Å². The SMILES string of the molecule is CCCN(CCC)CCCNCc1cc(I)cc(C)c1O.Cl. The summed E-state index contributed by atoms with van der Waals surface area (Å²) in [5.74, 6) is 0.432. The van der Waals surface area contributed by atoms with Crippen LogP contribution in [0.15, 0.2) is 12.1 Å². The minimum absolute atomic E-state index is 0. The van der Waals surface area contributed by atoms with Crippen LogP contribution >= 0.6 is 35.0 Å². The first-order chi connectivity index (χ1) is 10.1. The summed E-state index contributed by atoms with van der Waals surface area (Å²) in [6.07, 6.45) is 3.61. The van der Waals surface area contributed by atoms with E-state index < -0.39 is 0 Å². The van der Waals surface area contributed by atoms with Crippen LogP contribution in [0.4, 0.5) is 0 Å².